The second-order valence-corrected chi connectivity index (χ2v) is 4.52. The molecule has 0 atom stereocenters. The Morgan fingerprint density at radius 3 is 2.78 bits per heavy atom. The summed E-state index contributed by atoms with van der Waals surface area (Å²) >= 11 is 0. The van der Waals surface area contributed by atoms with Crippen molar-refractivity contribution in [1.82, 2.24) is 20.1 Å². The van der Waals surface area contributed by atoms with Crippen LogP contribution >= 0.6 is 0 Å². The van der Waals surface area contributed by atoms with Gasteiger partial charge in [-0.1, -0.05) is 13.8 Å². The lowest BCUT2D eigenvalue weighted by atomic mass is 10.2. The van der Waals surface area contributed by atoms with Crippen LogP contribution in [0.4, 0.5) is 0 Å². The molecule has 5 heteroatoms. The van der Waals surface area contributed by atoms with Crippen LogP contribution < -0.4 is 10.1 Å². The van der Waals surface area contributed by atoms with Crippen molar-refractivity contribution in [3.63, 3.8) is 0 Å². The number of rotatable bonds is 5. The third-order valence-corrected chi connectivity index (χ3v) is 2.40. The number of nitrogens with zero attached hydrogens (tertiary/aromatic N) is 3. The molecule has 2 heterocycles. The first kappa shape index (κ1) is 12.6. The Bertz CT molecular complexity index is 507. The molecule has 0 saturated carbocycles. The first-order valence-electron chi connectivity index (χ1n) is 5.97. The van der Waals surface area contributed by atoms with Gasteiger partial charge in [-0.15, -0.1) is 0 Å². The maximum Gasteiger partial charge on any atom is 0.165 e. The molecule has 0 aliphatic heterocycles. The minimum atomic E-state index is 0.452. The molecule has 0 amide bonds. The van der Waals surface area contributed by atoms with Gasteiger partial charge in [0.05, 0.1) is 18.6 Å². The van der Waals surface area contributed by atoms with Crippen molar-refractivity contribution in [2.45, 2.75) is 26.4 Å². The molecule has 2 aromatic heterocycles. The molecule has 18 heavy (non-hydrogen) atoms. The Morgan fingerprint density at radius 2 is 2.11 bits per heavy atom. The molecule has 0 unspecified atom stereocenters. The van der Waals surface area contributed by atoms with E-state index in [0.29, 0.717) is 11.8 Å². The lowest BCUT2D eigenvalue weighted by Gasteiger charge is -2.09. The molecule has 0 fully saturated rings. The van der Waals surface area contributed by atoms with Crippen molar-refractivity contribution in [3.05, 3.63) is 36.4 Å². The molecular weight excluding hydrogens is 228 g/mol. The molecule has 2 aromatic rings. The minimum Gasteiger partial charge on any atom is -0.452 e. The first-order valence-corrected chi connectivity index (χ1v) is 5.97. The number of ether oxygens (including phenoxy) is 1. The Balaban J connectivity index is 2.02. The maximum absolute atomic E-state index is 5.67. The Labute approximate surface area is 107 Å². The molecule has 2 rings (SSSR count). The molecule has 0 spiro atoms. The van der Waals surface area contributed by atoms with Crippen LogP contribution in [0.5, 0.6) is 11.5 Å². The molecular formula is C13H18N4O. The number of pyridine rings is 1. The van der Waals surface area contributed by atoms with E-state index in [4.69, 9.17) is 4.74 Å². The maximum atomic E-state index is 5.67. The molecule has 5 nitrogen and oxygen atoms in total. The van der Waals surface area contributed by atoms with Crippen LogP contribution in [-0.2, 0) is 13.6 Å². The second-order valence-electron chi connectivity index (χ2n) is 4.52. The summed E-state index contributed by atoms with van der Waals surface area (Å²) in [5.74, 6) is 1.44. The van der Waals surface area contributed by atoms with E-state index in [1.165, 1.54) is 0 Å². The van der Waals surface area contributed by atoms with Crippen LogP contribution in [-0.4, -0.2) is 20.8 Å². The summed E-state index contributed by atoms with van der Waals surface area (Å²) in [5, 5.41) is 7.40. The van der Waals surface area contributed by atoms with Crippen LogP contribution in [0.2, 0.25) is 0 Å². The lowest BCUT2D eigenvalue weighted by molar-refractivity contribution is 0.477. The van der Waals surface area contributed by atoms with E-state index >= 15 is 0 Å². The van der Waals surface area contributed by atoms with E-state index in [-0.39, 0.29) is 0 Å². The number of hydrogen-bond acceptors (Lipinski definition) is 4. The smallest absolute Gasteiger partial charge is 0.165 e. The number of aryl methyl sites for hydroxylation is 1. The molecule has 0 aliphatic rings. The van der Waals surface area contributed by atoms with Crippen molar-refractivity contribution in [1.29, 1.82) is 0 Å². The monoisotopic (exact) mass is 246 g/mol. The zero-order chi connectivity index (χ0) is 13.0. The number of nitrogens with one attached hydrogen (secondary N) is 1. The second kappa shape index (κ2) is 5.64. The zero-order valence-electron chi connectivity index (χ0n) is 10.9. The van der Waals surface area contributed by atoms with E-state index in [9.17, 15) is 0 Å². The van der Waals surface area contributed by atoms with Crippen molar-refractivity contribution in [2.75, 3.05) is 0 Å². The molecule has 0 bridgehead atoms. The minimum absolute atomic E-state index is 0.452. The van der Waals surface area contributed by atoms with E-state index in [1.54, 1.807) is 17.1 Å². The standard InChI is InChI=1S/C13H18N4O/c1-10(2)15-6-11-4-12(7-14-5-11)18-13-8-16-17(3)9-13/h4-5,7-10,15H,6H2,1-3H3. The van der Waals surface area contributed by atoms with Gasteiger partial charge >= 0.3 is 0 Å². The summed E-state index contributed by atoms with van der Waals surface area (Å²) in [6.07, 6.45) is 7.04. The summed E-state index contributed by atoms with van der Waals surface area (Å²) < 4.78 is 7.37. The van der Waals surface area contributed by atoms with Gasteiger partial charge in [0.25, 0.3) is 0 Å². The van der Waals surface area contributed by atoms with Crippen molar-refractivity contribution < 1.29 is 4.74 Å². The van der Waals surface area contributed by atoms with Gasteiger partial charge in [0.15, 0.2) is 5.75 Å². The number of hydrogen-bond donors (Lipinski definition) is 1. The molecule has 96 valence electrons. The van der Waals surface area contributed by atoms with Crippen molar-refractivity contribution in [2.24, 2.45) is 7.05 Å². The summed E-state index contributed by atoms with van der Waals surface area (Å²) in [6.45, 7) is 5.02. The van der Waals surface area contributed by atoms with Gasteiger partial charge in [0.1, 0.15) is 5.75 Å². The highest BCUT2D eigenvalue weighted by atomic mass is 16.5. The summed E-state index contributed by atoms with van der Waals surface area (Å²) in [7, 11) is 1.86. The Kier molecular flexibility index (Phi) is 3.94. The number of aromatic nitrogens is 3. The average molecular weight is 246 g/mol. The van der Waals surface area contributed by atoms with Crippen molar-refractivity contribution in [3.8, 4) is 11.5 Å². The van der Waals surface area contributed by atoms with Gasteiger partial charge in [-0.3, -0.25) is 9.67 Å². The van der Waals surface area contributed by atoms with E-state index in [1.807, 2.05) is 25.5 Å². The van der Waals surface area contributed by atoms with Gasteiger partial charge in [-0.2, -0.15) is 5.10 Å². The Morgan fingerprint density at radius 1 is 1.28 bits per heavy atom. The van der Waals surface area contributed by atoms with E-state index in [2.05, 4.69) is 29.2 Å². The molecule has 0 saturated heterocycles. The van der Waals surface area contributed by atoms with Crippen LogP contribution in [0.1, 0.15) is 19.4 Å². The zero-order valence-corrected chi connectivity index (χ0v) is 10.9. The van der Waals surface area contributed by atoms with Gasteiger partial charge in [0, 0.05) is 25.8 Å². The molecule has 0 aliphatic carbocycles. The largest absolute Gasteiger partial charge is 0.452 e. The lowest BCUT2D eigenvalue weighted by Crippen LogP contribution is -2.21. The molecule has 0 aromatic carbocycles. The first-order chi connectivity index (χ1) is 8.63. The fourth-order valence-corrected chi connectivity index (χ4v) is 1.53. The van der Waals surface area contributed by atoms with E-state index < -0.39 is 0 Å². The highest BCUT2D eigenvalue weighted by Crippen LogP contribution is 2.20. The highest BCUT2D eigenvalue weighted by Gasteiger charge is 2.02. The third kappa shape index (κ3) is 3.56. The quantitative estimate of drug-likeness (QED) is 0.877. The average Bonchev–Trinajstić information content (AvgIpc) is 2.73. The van der Waals surface area contributed by atoms with Gasteiger partial charge < -0.3 is 10.1 Å². The Hall–Kier alpha value is -1.88. The van der Waals surface area contributed by atoms with Gasteiger partial charge in [-0.25, -0.2) is 0 Å². The third-order valence-electron chi connectivity index (χ3n) is 2.40. The van der Waals surface area contributed by atoms with Crippen LogP contribution in [0, 0.1) is 0 Å². The van der Waals surface area contributed by atoms with Crippen LogP contribution in [0.15, 0.2) is 30.9 Å². The molecule has 1 N–H and O–H groups in total. The van der Waals surface area contributed by atoms with Crippen molar-refractivity contribution >= 4 is 0 Å². The SMILES string of the molecule is CC(C)NCc1cncc(Oc2cnn(C)c2)c1. The van der Waals surface area contributed by atoms with Crippen LogP contribution in [0.3, 0.4) is 0 Å². The fourth-order valence-electron chi connectivity index (χ4n) is 1.53. The predicted octanol–water partition coefficient (Wildman–Crippen LogP) is 2.11. The summed E-state index contributed by atoms with van der Waals surface area (Å²) in [4.78, 5) is 4.17. The predicted molar refractivity (Wildman–Crippen MR) is 69.5 cm³/mol. The van der Waals surface area contributed by atoms with Gasteiger partial charge in [-0.05, 0) is 11.6 Å². The molecule has 0 radical (unpaired) electrons. The van der Waals surface area contributed by atoms with Crippen LogP contribution in [0.25, 0.3) is 0 Å². The summed E-state index contributed by atoms with van der Waals surface area (Å²) in [5.41, 5.74) is 1.10. The van der Waals surface area contributed by atoms with Gasteiger partial charge in [0.2, 0.25) is 0 Å². The topological polar surface area (TPSA) is 52.0 Å². The van der Waals surface area contributed by atoms with E-state index in [0.717, 1.165) is 17.9 Å². The summed E-state index contributed by atoms with van der Waals surface area (Å²) in [6, 6.07) is 2.43. The fraction of sp³-hybridized carbons (Fsp3) is 0.385. The highest BCUT2D eigenvalue weighted by molar-refractivity contribution is 5.28. The normalized spacial score (nSPS) is 10.9.